The van der Waals surface area contributed by atoms with Gasteiger partial charge < -0.3 is 0 Å². The van der Waals surface area contributed by atoms with Crippen molar-refractivity contribution in [2.45, 2.75) is 19.6 Å². The molecule has 0 spiro atoms. The molecule has 0 radical (unpaired) electrons. The summed E-state index contributed by atoms with van der Waals surface area (Å²) in [6, 6.07) is 57.7. The molecule has 0 fully saturated rings. The van der Waals surface area contributed by atoms with E-state index in [0.29, 0.717) is 0 Å². The van der Waals surface area contributed by atoms with Crippen molar-refractivity contribution in [2.75, 3.05) is 0 Å². The van der Waals surface area contributed by atoms with Crippen LogP contribution >= 0.6 is 23.5 Å². The number of hydrogen-bond acceptors (Lipinski definition) is 4. The fraction of sp³-hybridized carbons (Fsp3) is 0. The minimum atomic E-state index is 0.261. The second kappa shape index (κ2) is 11.5. The van der Waals surface area contributed by atoms with Gasteiger partial charge >= 0.3 is 0 Å². The number of rotatable bonds is 3. The number of aromatic nitrogens is 2. The Kier molecular flexibility index (Phi) is 6.55. The third-order valence-electron chi connectivity index (χ3n) is 10.5. The van der Waals surface area contributed by atoms with Crippen molar-refractivity contribution in [1.82, 2.24) is 9.97 Å². The highest BCUT2D eigenvalue weighted by molar-refractivity contribution is 8.01. The zero-order valence-corrected chi connectivity index (χ0v) is 29.0. The van der Waals surface area contributed by atoms with E-state index in [9.17, 15) is 0 Å². The maximum absolute atomic E-state index is 4.78. The smallest absolute Gasteiger partial charge is 0.236 e. The quantitative estimate of drug-likeness (QED) is 0.137. The van der Waals surface area contributed by atoms with E-state index < -0.39 is 0 Å². The zero-order valence-electron chi connectivity index (χ0n) is 27.4. The lowest BCUT2D eigenvalue weighted by molar-refractivity contribution is 1.18. The molecule has 3 heterocycles. The van der Waals surface area contributed by atoms with E-state index in [1.165, 1.54) is 79.4 Å². The third-order valence-corrected chi connectivity index (χ3v) is 12.8. The Hall–Kier alpha value is -5.62. The van der Waals surface area contributed by atoms with Gasteiger partial charge in [0.2, 0.25) is 6.71 Å². The van der Waals surface area contributed by atoms with Gasteiger partial charge in [0.1, 0.15) is 6.33 Å². The molecule has 2 aliphatic rings. The van der Waals surface area contributed by atoms with Crippen LogP contribution < -0.4 is 16.4 Å². The summed E-state index contributed by atoms with van der Waals surface area (Å²) in [5, 5.41) is 7.59. The van der Waals surface area contributed by atoms with Crippen molar-refractivity contribution in [3.05, 3.63) is 164 Å². The normalized spacial score (nSPS) is 12.9. The minimum Gasteiger partial charge on any atom is -0.236 e. The average molecular weight is 683 g/mol. The SMILES string of the molecule is c1cc(-c2cc3c4c(c2)Sc2ccccc2B4c2ccccc2S3)cc(-c2cc(-c3ccc4c5ccccc5c5ccccc5c4c3)ncn2)c1. The summed E-state index contributed by atoms with van der Waals surface area (Å²) in [5.74, 6) is 0. The monoisotopic (exact) mass is 682 g/mol. The van der Waals surface area contributed by atoms with Crippen LogP contribution in [0.2, 0.25) is 0 Å². The van der Waals surface area contributed by atoms with Gasteiger partial charge in [0, 0.05) is 30.7 Å². The van der Waals surface area contributed by atoms with Crippen LogP contribution in [0.4, 0.5) is 0 Å². The maximum Gasteiger partial charge on any atom is 0.247 e. The largest absolute Gasteiger partial charge is 0.247 e. The van der Waals surface area contributed by atoms with Crippen molar-refractivity contribution >= 4 is 78.9 Å². The van der Waals surface area contributed by atoms with Gasteiger partial charge in [0.05, 0.1) is 11.4 Å². The molecule has 8 aromatic carbocycles. The fourth-order valence-corrected chi connectivity index (χ4v) is 10.6. The zero-order chi connectivity index (χ0) is 33.5. The third kappa shape index (κ3) is 4.62. The van der Waals surface area contributed by atoms with E-state index in [4.69, 9.17) is 9.97 Å². The van der Waals surface area contributed by atoms with Crippen LogP contribution in [-0.4, -0.2) is 16.7 Å². The molecule has 0 unspecified atom stereocenters. The van der Waals surface area contributed by atoms with Gasteiger partial charge in [-0.15, -0.1) is 0 Å². The lowest BCUT2D eigenvalue weighted by atomic mass is 9.36. The van der Waals surface area contributed by atoms with Crippen LogP contribution in [-0.2, 0) is 0 Å². The minimum absolute atomic E-state index is 0.261. The number of nitrogens with zero attached hydrogens (tertiary/aromatic N) is 2. The van der Waals surface area contributed by atoms with Crippen LogP contribution in [0.1, 0.15) is 0 Å². The first-order chi connectivity index (χ1) is 25.3. The molecule has 1 aromatic heterocycles. The predicted octanol–water partition coefficient (Wildman–Crippen LogP) is 10.4. The number of benzene rings is 8. The van der Waals surface area contributed by atoms with Gasteiger partial charge in [0.15, 0.2) is 0 Å². The molecule has 0 N–H and O–H groups in total. The summed E-state index contributed by atoms with van der Waals surface area (Å²) < 4.78 is 0. The highest BCUT2D eigenvalue weighted by Crippen LogP contribution is 2.42. The Morgan fingerprint density at radius 2 is 0.863 bits per heavy atom. The van der Waals surface area contributed by atoms with E-state index in [2.05, 4.69) is 158 Å². The summed E-state index contributed by atoms with van der Waals surface area (Å²) in [5.41, 5.74) is 10.7. The number of fused-ring (bicyclic) bond motifs is 10. The molecular formula is C46H27BN2S2. The van der Waals surface area contributed by atoms with Gasteiger partial charge in [-0.05, 0) is 91.4 Å². The van der Waals surface area contributed by atoms with E-state index >= 15 is 0 Å². The van der Waals surface area contributed by atoms with Crippen LogP contribution in [0, 0.1) is 0 Å². The molecule has 0 saturated carbocycles. The standard InChI is InChI=1S/C46H27BN2S2/c1-2-14-34-32(12-1)33-13-3-4-15-35(33)37-23-30(20-21-36(34)37)41-26-40(48-27-49-41)29-11-9-10-28(22-29)31-24-44-46-45(25-31)51-43-19-8-6-17-39(43)47(46)38-16-5-7-18-42(38)50-44/h1-27H. The molecule has 2 aliphatic heterocycles. The topological polar surface area (TPSA) is 25.8 Å². The predicted molar refractivity (Wildman–Crippen MR) is 217 cm³/mol. The molecule has 0 amide bonds. The first kappa shape index (κ1) is 29.1. The van der Waals surface area contributed by atoms with Crippen molar-refractivity contribution in [2.24, 2.45) is 0 Å². The summed E-state index contributed by atoms with van der Waals surface area (Å²) in [4.78, 5) is 14.9. The van der Waals surface area contributed by atoms with Crippen molar-refractivity contribution in [3.8, 4) is 33.6 Å². The van der Waals surface area contributed by atoms with E-state index in [0.717, 1.165) is 22.5 Å². The van der Waals surface area contributed by atoms with Crippen LogP contribution in [0.15, 0.2) is 184 Å². The van der Waals surface area contributed by atoms with E-state index in [1.54, 1.807) is 6.33 Å². The molecule has 5 heteroatoms. The molecule has 0 bridgehead atoms. The summed E-state index contributed by atoms with van der Waals surface area (Å²) in [6.07, 6.45) is 1.70. The molecule has 2 nitrogen and oxygen atoms in total. The molecule has 11 rings (SSSR count). The molecule has 0 saturated heterocycles. The number of hydrogen-bond donors (Lipinski definition) is 0. The Balaban J connectivity index is 1.00. The first-order valence-electron chi connectivity index (χ1n) is 17.2. The summed E-state index contributed by atoms with van der Waals surface area (Å²) >= 11 is 3.80. The lowest BCUT2D eigenvalue weighted by Crippen LogP contribution is -2.57. The van der Waals surface area contributed by atoms with Gasteiger partial charge in [-0.25, -0.2) is 9.97 Å². The van der Waals surface area contributed by atoms with Crippen molar-refractivity contribution in [1.29, 1.82) is 0 Å². The molecule has 0 atom stereocenters. The second-order valence-electron chi connectivity index (χ2n) is 13.3. The Morgan fingerprint density at radius 1 is 0.353 bits per heavy atom. The van der Waals surface area contributed by atoms with Gasteiger partial charge in [0.25, 0.3) is 0 Å². The van der Waals surface area contributed by atoms with Crippen LogP contribution in [0.25, 0.3) is 66.0 Å². The van der Waals surface area contributed by atoms with Crippen LogP contribution in [0.5, 0.6) is 0 Å². The van der Waals surface area contributed by atoms with E-state index in [1.807, 2.05) is 23.5 Å². The van der Waals surface area contributed by atoms with Gasteiger partial charge in [-0.3, -0.25) is 0 Å². The molecule has 0 aliphatic carbocycles. The molecule has 51 heavy (non-hydrogen) atoms. The maximum atomic E-state index is 4.78. The molecular weight excluding hydrogens is 655 g/mol. The highest BCUT2D eigenvalue weighted by atomic mass is 32.2. The summed E-state index contributed by atoms with van der Waals surface area (Å²) in [7, 11) is 0. The average Bonchev–Trinajstić information content (AvgIpc) is 3.20. The van der Waals surface area contributed by atoms with Gasteiger partial charge in [-0.2, -0.15) is 0 Å². The lowest BCUT2D eigenvalue weighted by Gasteiger charge is -2.33. The van der Waals surface area contributed by atoms with E-state index in [-0.39, 0.29) is 6.71 Å². The Bertz CT molecular complexity index is 2800. The van der Waals surface area contributed by atoms with Crippen molar-refractivity contribution in [3.63, 3.8) is 0 Å². The first-order valence-corrected chi connectivity index (χ1v) is 18.9. The molecule has 9 aromatic rings. The Labute approximate surface area is 304 Å². The Morgan fingerprint density at radius 3 is 1.49 bits per heavy atom. The fourth-order valence-electron chi connectivity index (χ4n) is 8.16. The molecule has 236 valence electrons. The highest BCUT2D eigenvalue weighted by Gasteiger charge is 2.38. The summed E-state index contributed by atoms with van der Waals surface area (Å²) in [6.45, 7) is 0.261. The second-order valence-corrected chi connectivity index (χ2v) is 15.5. The van der Waals surface area contributed by atoms with Gasteiger partial charge in [-0.1, -0.05) is 150 Å². The van der Waals surface area contributed by atoms with Crippen LogP contribution in [0.3, 0.4) is 0 Å². The van der Waals surface area contributed by atoms with Crippen molar-refractivity contribution < 1.29 is 0 Å².